The van der Waals surface area contributed by atoms with Gasteiger partial charge < -0.3 is 10.6 Å². The van der Waals surface area contributed by atoms with Crippen LogP contribution in [0.4, 0.5) is 10.1 Å². The fourth-order valence-corrected chi connectivity index (χ4v) is 5.59. The lowest BCUT2D eigenvalue weighted by atomic mass is 9.93. The van der Waals surface area contributed by atoms with Gasteiger partial charge in [0.15, 0.2) is 4.34 Å². The van der Waals surface area contributed by atoms with Gasteiger partial charge in [-0.2, -0.15) is 0 Å². The number of halogens is 1. The number of benzene rings is 1. The van der Waals surface area contributed by atoms with Crippen molar-refractivity contribution in [1.29, 1.82) is 0 Å². The van der Waals surface area contributed by atoms with Gasteiger partial charge in [0.05, 0.1) is 0 Å². The van der Waals surface area contributed by atoms with Gasteiger partial charge in [-0.3, -0.25) is 9.59 Å². The highest BCUT2D eigenvalue weighted by molar-refractivity contribution is 8.01. The number of allylic oxidation sites excluding steroid dienone is 2. The zero-order chi connectivity index (χ0) is 20.4. The van der Waals surface area contributed by atoms with Gasteiger partial charge in [-0.15, -0.1) is 10.2 Å². The second-order valence-electron chi connectivity index (χ2n) is 7.30. The van der Waals surface area contributed by atoms with E-state index in [1.54, 1.807) is 0 Å². The molecule has 2 aromatic rings. The van der Waals surface area contributed by atoms with E-state index in [0.29, 0.717) is 23.9 Å². The lowest BCUT2D eigenvalue weighted by molar-refractivity contribution is -0.120. The van der Waals surface area contributed by atoms with Crippen molar-refractivity contribution in [2.45, 2.75) is 24.1 Å². The maximum atomic E-state index is 14.0. The molecule has 1 fully saturated rings. The molecule has 9 heteroatoms. The summed E-state index contributed by atoms with van der Waals surface area (Å²) in [5.74, 6) is 0.263. The quantitative estimate of drug-likeness (QED) is 0.396. The largest absolute Gasteiger partial charge is 0.351 e. The smallest absolute Gasteiger partial charge is 0.251 e. The highest BCUT2D eigenvalue weighted by Gasteiger charge is 2.39. The van der Waals surface area contributed by atoms with E-state index >= 15 is 0 Å². The molecule has 6 nitrogen and oxygen atoms in total. The Kier molecular flexibility index (Phi) is 5.96. The molecule has 152 valence electrons. The summed E-state index contributed by atoms with van der Waals surface area (Å²) in [6, 6.07) is 3.93. The number of fused-ring (bicyclic) bond motifs is 2. The van der Waals surface area contributed by atoms with Crippen LogP contribution < -0.4 is 10.6 Å². The maximum absolute atomic E-state index is 14.0. The molecular weight excluding hydrogens is 411 g/mol. The van der Waals surface area contributed by atoms with Crippen molar-refractivity contribution in [3.63, 3.8) is 0 Å². The molecule has 1 saturated carbocycles. The van der Waals surface area contributed by atoms with Crippen LogP contribution in [0.2, 0.25) is 0 Å². The van der Waals surface area contributed by atoms with Crippen molar-refractivity contribution in [2.75, 3.05) is 17.6 Å². The normalized spacial score (nSPS) is 22.1. The first-order valence-corrected chi connectivity index (χ1v) is 11.3. The number of aryl methyl sites for hydroxylation is 1. The van der Waals surface area contributed by atoms with Crippen LogP contribution in [-0.2, 0) is 4.79 Å². The molecule has 2 aliphatic carbocycles. The number of nitrogens with zero attached hydrogens (tertiary/aromatic N) is 2. The Hall–Kier alpha value is -2.26. The molecule has 0 saturated heterocycles. The van der Waals surface area contributed by atoms with Gasteiger partial charge in [-0.1, -0.05) is 35.3 Å². The standard InChI is InChI=1S/C20H21FN4O2S2/c1-11-24-25-20(29-11)28-5-4-22-18(26)14-8-15(21)10-16(9-14)23-19(27)17-7-12-2-3-13(17)6-12/h2-3,8-10,12-13,17H,4-7H2,1H3,(H,22,26)(H,23,27)/t12-,13+,17+/m1/s1. The van der Waals surface area contributed by atoms with Crippen molar-refractivity contribution < 1.29 is 14.0 Å². The monoisotopic (exact) mass is 432 g/mol. The summed E-state index contributed by atoms with van der Waals surface area (Å²) in [6.45, 7) is 2.30. The summed E-state index contributed by atoms with van der Waals surface area (Å²) in [5, 5.41) is 14.4. The molecule has 1 aromatic heterocycles. The minimum absolute atomic E-state index is 0.0773. The summed E-state index contributed by atoms with van der Waals surface area (Å²) in [7, 11) is 0. The molecule has 0 unspecified atom stereocenters. The van der Waals surface area contributed by atoms with Gasteiger partial charge in [0.25, 0.3) is 5.91 Å². The first-order chi connectivity index (χ1) is 14.0. The number of aromatic nitrogens is 2. The average Bonchev–Trinajstić information content (AvgIpc) is 3.41. The molecule has 0 spiro atoms. The van der Waals surface area contributed by atoms with Gasteiger partial charge in [0, 0.05) is 29.5 Å². The topological polar surface area (TPSA) is 84.0 Å². The van der Waals surface area contributed by atoms with E-state index in [4.69, 9.17) is 0 Å². The second-order valence-corrected chi connectivity index (χ2v) is 9.82. The fraction of sp³-hybridized carbons (Fsp3) is 0.400. The molecule has 2 aliphatic rings. The highest BCUT2D eigenvalue weighted by atomic mass is 32.2. The molecule has 1 aromatic carbocycles. The molecule has 2 bridgehead atoms. The van der Waals surface area contributed by atoms with Crippen LogP contribution in [0, 0.1) is 30.5 Å². The summed E-state index contributed by atoms with van der Waals surface area (Å²) in [5.41, 5.74) is 0.496. The van der Waals surface area contributed by atoms with Crippen molar-refractivity contribution in [1.82, 2.24) is 15.5 Å². The molecule has 3 atom stereocenters. The van der Waals surface area contributed by atoms with Crippen LogP contribution in [0.15, 0.2) is 34.7 Å². The minimum atomic E-state index is -0.556. The Balaban J connectivity index is 1.31. The number of carbonyl (C=O) groups is 2. The van der Waals surface area contributed by atoms with Crippen LogP contribution in [0.25, 0.3) is 0 Å². The van der Waals surface area contributed by atoms with E-state index in [2.05, 4.69) is 33.0 Å². The van der Waals surface area contributed by atoms with Gasteiger partial charge in [0.2, 0.25) is 5.91 Å². The molecular formula is C20H21FN4O2S2. The molecule has 1 heterocycles. The Morgan fingerprint density at radius 1 is 1.24 bits per heavy atom. The first-order valence-electron chi connectivity index (χ1n) is 9.49. The molecule has 4 rings (SSSR count). The first kappa shape index (κ1) is 20.0. The van der Waals surface area contributed by atoms with Crippen molar-refractivity contribution in [3.8, 4) is 0 Å². The van der Waals surface area contributed by atoms with E-state index in [1.807, 2.05) is 6.92 Å². The number of thioether (sulfide) groups is 1. The lowest BCUT2D eigenvalue weighted by Crippen LogP contribution is -2.27. The molecule has 29 heavy (non-hydrogen) atoms. The summed E-state index contributed by atoms with van der Waals surface area (Å²) in [6.07, 6.45) is 6.12. The number of carbonyl (C=O) groups excluding carboxylic acids is 2. The predicted molar refractivity (Wildman–Crippen MR) is 112 cm³/mol. The Morgan fingerprint density at radius 3 is 2.79 bits per heavy atom. The Labute approximate surface area is 176 Å². The van der Waals surface area contributed by atoms with E-state index < -0.39 is 5.82 Å². The van der Waals surface area contributed by atoms with Crippen LogP contribution in [-0.4, -0.2) is 34.3 Å². The SMILES string of the molecule is Cc1nnc(SCCNC(=O)c2cc(F)cc(NC(=O)[C@H]3C[C@@H]4C=C[C@H]3C4)c2)s1. The molecule has 0 aliphatic heterocycles. The van der Waals surface area contributed by atoms with E-state index in [-0.39, 0.29) is 29.2 Å². The van der Waals surface area contributed by atoms with Crippen LogP contribution in [0.3, 0.4) is 0 Å². The second kappa shape index (κ2) is 8.62. The van der Waals surface area contributed by atoms with Gasteiger partial charge in [-0.05, 0) is 49.8 Å². The van der Waals surface area contributed by atoms with E-state index in [0.717, 1.165) is 22.2 Å². The number of amides is 2. The van der Waals surface area contributed by atoms with Crippen molar-refractivity contribution >= 4 is 40.6 Å². The van der Waals surface area contributed by atoms with E-state index in [9.17, 15) is 14.0 Å². The van der Waals surface area contributed by atoms with Crippen LogP contribution in [0.5, 0.6) is 0 Å². The maximum Gasteiger partial charge on any atom is 0.251 e. The average molecular weight is 433 g/mol. The number of hydrogen-bond donors (Lipinski definition) is 2. The predicted octanol–water partition coefficient (Wildman–Crippen LogP) is 3.66. The number of nitrogens with one attached hydrogen (secondary N) is 2. The van der Waals surface area contributed by atoms with Crippen molar-refractivity contribution in [3.05, 3.63) is 46.7 Å². The van der Waals surface area contributed by atoms with Gasteiger partial charge in [-0.25, -0.2) is 4.39 Å². The Morgan fingerprint density at radius 2 is 2.10 bits per heavy atom. The third kappa shape index (κ3) is 4.84. The molecule has 2 N–H and O–H groups in total. The van der Waals surface area contributed by atoms with Gasteiger partial charge >= 0.3 is 0 Å². The number of hydrogen-bond acceptors (Lipinski definition) is 6. The number of anilines is 1. The third-order valence-corrected chi connectivity index (χ3v) is 7.14. The summed E-state index contributed by atoms with van der Waals surface area (Å²) in [4.78, 5) is 24.9. The Bertz CT molecular complexity index is 962. The van der Waals surface area contributed by atoms with E-state index in [1.165, 1.54) is 41.3 Å². The fourth-order valence-electron chi connectivity index (χ4n) is 3.85. The number of rotatable bonds is 7. The highest BCUT2D eigenvalue weighted by Crippen LogP contribution is 2.43. The third-order valence-electron chi connectivity index (χ3n) is 5.16. The van der Waals surface area contributed by atoms with Gasteiger partial charge in [0.1, 0.15) is 10.8 Å². The summed E-state index contributed by atoms with van der Waals surface area (Å²) >= 11 is 3.01. The molecule has 0 radical (unpaired) electrons. The van der Waals surface area contributed by atoms with Crippen LogP contribution in [0.1, 0.15) is 28.2 Å². The van der Waals surface area contributed by atoms with Crippen LogP contribution >= 0.6 is 23.1 Å². The van der Waals surface area contributed by atoms with Crippen molar-refractivity contribution in [2.24, 2.45) is 17.8 Å². The zero-order valence-electron chi connectivity index (χ0n) is 15.9. The molecule has 2 amide bonds. The lowest BCUT2D eigenvalue weighted by Gasteiger charge is -2.18. The summed E-state index contributed by atoms with van der Waals surface area (Å²) < 4.78 is 14.9. The zero-order valence-corrected chi connectivity index (χ0v) is 17.5. The minimum Gasteiger partial charge on any atom is -0.351 e.